The van der Waals surface area contributed by atoms with Gasteiger partial charge in [0.25, 0.3) is 5.69 Å². The molecule has 0 radical (unpaired) electrons. The first-order valence-corrected chi connectivity index (χ1v) is 12.0. The Balaban J connectivity index is 2.09. The molecule has 3 aromatic carbocycles. The maximum absolute atomic E-state index is 12.9. The summed E-state index contributed by atoms with van der Waals surface area (Å²) in [5.74, 6) is 0.236. The quantitative estimate of drug-likeness (QED) is 0.0912. The number of hydrogen-bond donors (Lipinski definition) is 0. The predicted molar refractivity (Wildman–Crippen MR) is 132 cm³/mol. The molecule has 3 rings (SSSR count). The van der Waals surface area contributed by atoms with E-state index in [2.05, 4.69) is 12.6 Å². The summed E-state index contributed by atoms with van der Waals surface area (Å²) in [4.78, 5) is 10.4. The average Bonchev–Trinajstić information content (AvgIpc) is 2.85. The summed E-state index contributed by atoms with van der Waals surface area (Å²) < 4.78 is 37.0. The summed E-state index contributed by atoms with van der Waals surface area (Å²) in [5, 5.41) is 20.6. The van der Waals surface area contributed by atoms with Crippen molar-refractivity contribution in [1.29, 1.82) is 5.26 Å². The summed E-state index contributed by atoms with van der Waals surface area (Å²) >= 11 is 0. The predicted octanol–water partition coefficient (Wildman–Crippen LogP) is 5.55. The van der Waals surface area contributed by atoms with Gasteiger partial charge in [0.1, 0.15) is 4.90 Å². The van der Waals surface area contributed by atoms with Gasteiger partial charge in [-0.15, -0.1) is 6.58 Å². The highest BCUT2D eigenvalue weighted by molar-refractivity contribution is 7.87. The van der Waals surface area contributed by atoms with Gasteiger partial charge in [-0.3, -0.25) is 10.1 Å². The third kappa shape index (κ3) is 6.13. The van der Waals surface area contributed by atoms with Gasteiger partial charge in [0.2, 0.25) is 0 Å². The third-order valence-electron chi connectivity index (χ3n) is 4.86. The van der Waals surface area contributed by atoms with Crippen LogP contribution in [0.4, 0.5) is 5.69 Å². The minimum Gasteiger partial charge on any atom is -0.490 e. The van der Waals surface area contributed by atoms with Gasteiger partial charge in [-0.2, -0.15) is 13.7 Å². The Hall–Kier alpha value is -4.42. The molecule has 0 aliphatic heterocycles. The van der Waals surface area contributed by atoms with Gasteiger partial charge >= 0.3 is 10.1 Å². The van der Waals surface area contributed by atoms with Crippen LogP contribution >= 0.6 is 0 Å². The third-order valence-corrected chi connectivity index (χ3v) is 6.10. The molecule has 8 nitrogen and oxygen atoms in total. The summed E-state index contributed by atoms with van der Waals surface area (Å²) in [6.45, 7) is 5.73. The zero-order valence-corrected chi connectivity index (χ0v) is 19.7. The highest BCUT2D eigenvalue weighted by Gasteiger charge is 2.22. The minimum absolute atomic E-state index is 0.000844. The number of hydrogen-bond acceptors (Lipinski definition) is 7. The number of ether oxygens (including phenoxy) is 1. The van der Waals surface area contributed by atoms with E-state index in [1.807, 2.05) is 0 Å². The lowest BCUT2D eigenvalue weighted by Crippen LogP contribution is -2.12. The Morgan fingerprint density at radius 3 is 2.40 bits per heavy atom. The topological polar surface area (TPSA) is 120 Å². The lowest BCUT2D eigenvalue weighted by atomic mass is 10.0. The van der Waals surface area contributed by atoms with Crippen molar-refractivity contribution in [1.82, 2.24) is 0 Å². The molecular formula is C26H22N2O6S. The van der Waals surface area contributed by atoms with Crippen LogP contribution in [0.25, 0.3) is 11.6 Å². The molecular weight excluding hydrogens is 468 g/mol. The number of benzene rings is 3. The van der Waals surface area contributed by atoms with Crippen molar-refractivity contribution in [2.75, 3.05) is 6.61 Å². The molecule has 0 aromatic heterocycles. The Bertz CT molecular complexity index is 1410. The van der Waals surface area contributed by atoms with Crippen molar-refractivity contribution in [3.8, 4) is 17.6 Å². The Morgan fingerprint density at radius 1 is 1.14 bits per heavy atom. The molecule has 0 atom stereocenters. The summed E-state index contributed by atoms with van der Waals surface area (Å²) in [7, 11) is -4.13. The number of nitrogens with zero attached hydrogens (tertiary/aromatic N) is 2. The molecule has 0 heterocycles. The first-order chi connectivity index (χ1) is 16.8. The fourth-order valence-corrected chi connectivity index (χ4v) is 4.28. The van der Waals surface area contributed by atoms with Crippen LogP contribution in [-0.4, -0.2) is 19.9 Å². The fourth-order valence-electron chi connectivity index (χ4n) is 3.29. The first kappa shape index (κ1) is 25.2. The van der Waals surface area contributed by atoms with Gasteiger partial charge in [-0.25, -0.2) is 0 Å². The summed E-state index contributed by atoms with van der Waals surface area (Å²) in [5.41, 5.74) is 1.73. The smallest absolute Gasteiger partial charge is 0.339 e. The lowest BCUT2D eigenvalue weighted by molar-refractivity contribution is -0.384. The second-order valence-electron chi connectivity index (χ2n) is 7.26. The second-order valence-corrected chi connectivity index (χ2v) is 8.80. The molecule has 0 aliphatic rings. The van der Waals surface area contributed by atoms with Crippen LogP contribution in [0.2, 0.25) is 0 Å². The van der Waals surface area contributed by atoms with Crippen LogP contribution in [0.15, 0.2) is 84.3 Å². The molecule has 0 fully saturated rings. The van der Waals surface area contributed by atoms with E-state index < -0.39 is 15.0 Å². The lowest BCUT2D eigenvalue weighted by Gasteiger charge is -2.16. The highest BCUT2D eigenvalue weighted by Crippen LogP contribution is 2.37. The SMILES string of the molecule is C=CCc1cc(/C=C(\C#N)c2ccc([N+](=O)[O-])cc2)cc(OCC)c1OS(=O)(=O)c1ccccc1. The molecule has 35 heavy (non-hydrogen) atoms. The van der Waals surface area contributed by atoms with Crippen molar-refractivity contribution in [3.05, 3.63) is 106 Å². The number of rotatable bonds is 10. The average molecular weight is 491 g/mol. The van der Waals surface area contributed by atoms with Crippen molar-refractivity contribution < 1.29 is 22.3 Å². The number of nitro groups is 1. The van der Waals surface area contributed by atoms with E-state index in [1.54, 1.807) is 49.4 Å². The van der Waals surface area contributed by atoms with Gasteiger partial charge in [0.05, 0.1) is 23.2 Å². The van der Waals surface area contributed by atoms with E-state index in [1.165, 1.54) is 36.4 Å². The van der Waals surface area contributed by atoms with Crippen molar-refractivity contribution >= 4 is 27.5 Å². The van der Waals surface area contributed by atoms with Crippen LogP contribution in [0.1, 0.15) is 23.6 Å². The van der Waals surface area contributed by atoms with Crippen LogP contribution in [-0.2, 0) is 16.5 Å². The number of nitriles is 1. The van der Waals surface area contributed by atoms with E-state index in [0.29, 0.717) is 16.7 Å². The largest absolute Gasteiger partial charge is 0.490 e. The van der Waals surface area contributed by atoms with Crippen molar-refractivity contribution in [2.45, 2.75) is 18.2 Å². The molecule has 0 unspecified atom stereocenters. The fraction of sp³-hybridized carbons (Fsp3) is 0.115. The molecule has 0 bridgehead atoms. The molecule has 9 heteroatoms. The van der Waals surface area contributed by atoms with Crippen LogP contribution in [0.3, 0.4) is 0 Å². The van der Waals surface area contributed by atoms with Gasteiger partial charge in [-0.1, -0.05) is 24.3 Å². The summed E-state index contributed by atoms with van der Waals surface area (Å²) in [6.07, 6.45) is 3.47. The standard InChI is InChI=1S/C26H22N2O6S/c1-3-8-21-15-19(16-22(18-27)20-11-13-23(14-12-20)28(29)30)17-25(33-4-2)26(21)34-35(31,32)24-9-6-5-7-10-24/h3,5-7,9-17H,1,4,8H2,2H3/b22-16+. The van der Waals surface area contributed by atoms with Crippen LogP contribution in [0.5, 0.6) is 11.5 Å². The normalized spacial score (nSPS) is 11.4. The number of nitro benzene ring substituents is 1. The molecule has 3 aromatic rings. The zero-order valence-electron chi connectivity index (χ0n) is 18.9. The Morgan fingerprint density at radius 2 is 1.83 bits per heavy atom. The summed E-state index contributed by atoms with van der Waals surface area (Å²) in [6, 6.07) is 18.7. The maximum atomic E-state index is 12.9. The van der Waals surface area contributed by atoms with Crippen molar-refractivity contribution in [3.63, 3.8) is 0 Å². The van der Waals surface area contributed by atoms with E-state index in [-0.39, 0.29) is 40.7 Å². The van der Waals surface area contributed by atoms with Crippen LogP contribution < -0.4 is 8.92 Å². The monoisotopic (exact) mass is 490 g/mol. The number of non-ortho nitro benzene ring substituents is 1. The minimum atomic E-state index is -4.13. The van der Waals surface area contributed by atoms with E-state index in [9.17, 15) is 23.8 Å². The number of allylic oxidation sites excluding steroid dienone is 2. The molecule has 0 saturated heterocycles. The second kappa shape index (κ2) is 11.1. The van der Waals surface area contributed by atoms with E-state index in [4.69, 9.17) is 8.92 Å². The molecule has 0 saturated carbocycles. The van der Waals surface area contributed by atoms with Gasteiger partial charge < -0.3 is 8.92 Å². The zero-order chi connectivity index (χ0) is 25.4. The van der Waals surface area contributed by atoms with Gasteiger partial charge in [0, 0.05) is 17.7 Å². The Kier molecular flexibility index (Phi) is 8.02. The van der Waals surface area contributed by atoms with Gasteiger partial charge in [0.15, 0.2) is 11.5 Å². The molecule has 0 spiro atoms. The van der Waals surface area contributed by atoms with E-state index >= 15 is 0 Å². The maximum Gasteiger partial charge on any atom is 0.339 e. The molecule has 0 amide bonds. The molecule has 0 aliphatic carbocycles. The highest BCUT2D eigenvalue weighted by atomic mass is 32.2. The molecule has 0 N–H and O–H groups in total. The molecule has 178 valence electrons. The van der Waals surface area contributed by atoms with Gasteiger partial charge in [-0.05, 0) is 66.9 Å². The van der Waals surface area contributed by atoms with E-state index in [0.717, 1.165) is 0 Å². The van der Waals surface area contributed by atoms with Crippen LogP contribution in [0, 0.1) is 21.4 Å². The van der Waals surface area contributed by atoms with Crippen molar-refractivity contribution in [2.24, 2.45) is 0 Å². The first-order valence-electron chi connectivity index (χ1n) is 10.6. The Labute approximate surface area is 203 Å².